The normalized spacial score (nSPS) is 13.9. The van der Waals surface area contributed by atoms with Crippen molar-refractivity contribution in [1.29, 1.82) is 0 Å². The van der Waals surface area contributed by atoms with Crippen molar-refractivity contribution < 1.29 is 9.47 Å². The molecule has 0 fully saturated rings. The number of fused-ring (bicyclic) bond motifs is 1. The van der Waals surface area contributed by atoms with Gasteiger partial charge in [0.15, 0.2) is 16.6 Å². The lowest BCUT2D eigenvalue weighted by molar-refractivity contribution is 0.174. The van der Waals surface area contributed by atoms with Crippen molar-refractivity contribution in [3.63, 3.8) is 0 Å². The number of thiocarbonyl (C=S) groups is 1. The number of ether oxygens (including phenoxy) is 2. The minimum absolute atomic E-state index is 0.228. The van der Waals surface area contributed by atoms with Crippen LogP contribution in [0.5, 0.6) is 11.5 Å². The molecule has 2 aromatic rings. The molecule has 1 aromatic heterocycles. The highest BCUT2D eigenvalue weighted by Crippen LogP contribution is 2.32. The summed E-state index contributed by atoms with van der Waals surface area (Å²) in [6, 6.07) is 10.4. The minimum atomic E-state index is 0.228. The Bertz CT molecular complexity index is 671. The Kier molecular flexibility index (Phi) is 5.03. The van der Waals surface area contributed by atoms with Crippen LogP contribution < -0.4 is 20.1 Å². The maximum atomic E-state index is 5.45. The first-order valence-electron chi connectivity index (χ1n) is 7.60. The zero-order valence-electron chi connectivity index (χ0n) is 13.2. The van der Waals surface area contributed by atoms with Gasteiger partial charge in [-0.25, -0.2) is 0 Å². The lowest BCUT2D eigenvalue weighted by atomic mass is 10.0. The van der Waals surface area contributed by atoms with Crippen LogP contribution in [0.2, 0.25) is 0 Å². The quantitative estimate of drug-likeness (QED) is 0.804. The van der Waals surface area contributed by atoms with Crippen LogP contribution in [0.25, 0.3) is 0 Å². The summed E-state index contributed by atoms with van der Waals surface area (Å²) >= 11 is 7.20. The number of thiophene rings is 1. The van der Waals surface area contributed by atoms with Gasteiger partial charge in [0.2, 0.25) is 6.79 Å². The number of hydrogen-bond donors (Lipinski definition) is 2. The second-order valence-corrected chi connectivity index (χ2v) is 7.14. The highest BCUT2D eigenvalue weighted by molar-refractivity contribution is 7.80. The van der Waals surface area contributed by atoms with Gasteiger partial charge in [0, 0.05) is 11.4 Å². The van der Waals surface area contributed by atoms with Gasteiger partial charge in [-0.15, -0.1) is 11.3 Å². The van der Waals surface area contributed by atoms with E-state index >= 15 is 0 Å². The molecule has 1 atom stereocenters. The Labute approximate surface area is 145 Å². The van der Waals surface area contributed by atoms with Crippen molar-refractivity contribution in [2.24, 2.45) is 5.92 Å². The Morgan fingerprint density at radius 2 is 2.09 bits per heavy atom. The molecule has 0 radical (unpaired) electrons. The fourth-order valence-corrected chi connectivity index (χ4v) is 3.61. The Balaban J connectivity index is 1.56. The molecule has 3 rings (SSSR count). The van der Waals surface area contributed by atoms with E-state index in [1.165, 1.54) is 4.88 Å². The van der Waals surface area contributed by atoms with Crippen molar-refractivity contribution in [3.05, 3.63) is 46.2 Å². The van der Waals surface area contributed by atoms with Gasteiger partial charge in [-0.1, -0.05) is 26.0 Å². The molecular weight excluding hydrogens is 328 g/mol. The van der Waals surface area contributed by atoms with Crippen LogP contribution in [-0.2, 0) is 6.54 Å². The van der Waals surface area contributed by atoms with Gasteiger partial charge < -0.3 is 20.1 Å². The number of rotatable bonds is 5. The first-order valence-corrected chi connectivity index (χ1v) is 8.88. The lowest BCUT2D eigenvalue weighted by Gasteiger charge is -2.23. The summed E-state index contributed by atoms with van der Waals surface area (Å²) in [5.74, 6) is 2.05. The lowest BCUT2D eigenvalue weighted by Crippen LogP contribution is -2.38. The van der Waals surface area contributed by atoms with Gasteiger partial charge >= 0.3 is 0 Å². The number of benzene rings is 1. The third-order valence-corrected chi connectivity index (χ3v) is 4.91. The molecule has 0 spiro atoms. The summed E-state index contributed by atoms with van der Waals surface area (Å²) in [6.45, 7) is 5.33. The third-order valence-electron chi connectivity index (χ3n) is 3.69. The molecule has 4 nitrogen and oxygen atoms in total. The van der Waals surface area contributed by atoms with E-state index in [2.05, 4.69) is 42.0 Å². The zero-order valence-corrected chi connectivity index (χ0v) is 14.8. The summed E-state index contributed by atoms with van der Waals surface area (Å²) in [5, 5.41) is 9.44. The molecule has 0 aliphatic carbocycles. The van der Waals surface area contributed by atoms with Crippen LogP contribution in [0.4, 0.5) is 0 Å². The van der Waals surface area contributed by atoms with Gasteiger partial charge in [-0.3, -0.25) is 0 Å². The van der Waals surface area contributed by atoms with Crippen LogP contribution >= 0.6 is 23.6 Å². The molecule has 0 unspecified atom stereocenters. The molecule has 1 aliphatic rings. The second-order valence-electron chi connectivity index (χ2n) is 5.75. The van der Waals surface area contributed by atoms with E-state index in [0.29, 0.717) is 24.4 Å². The molecule has 0 amide bonds. The van der Waals surface area contributed by atoms with E-state index in [4.69, 9.17) is 21.7 Å². The van der Waals surface area contributed by atoms with Crippen LogP contribution in [0.3, 0.4) is 0 Å². The molecule has 0 saturated carbocycles. The second kappa shape index (κ2) is 7.19. The van der Waals surface area contributed by atoms with Gasteiger partial charge in [0.25, 0.3) is 0 Å². The van der Waals surface area contributed by atoms with E-state index in [9.17, 15) is 0 Å². The van der Waals surface area contributed by atoms with E-state index < -0.39 is 0 Å². The SMILES string of the molecule is CC(C)[C@H](NC(=S)NCc1ccc2c(c1)OCO2)c1cccs1. The molecule has 23 heavy (non-hydrogen) atoms. The van der Waals surface area contributed by atoms with Gasteiger partial charge in [0.05, 0.1) is 6.04 Å². The molecule has 1 aliphatic heterocycles. The number of nitrogens with one attached hydrogen (secondary N) is 2. The van der Waals surface area contributed by atoms with Crippen molar-refractivity contribution in [2.75, 3.05) is 6.79 Å². The van der Waals surface area contributed by atoms with E-state index in [1.54, 1.807) is 11.3 Å². The monoisotopic (exact) mass is 348 g/mol. The van der Waals surface area contributed by atoms with E-state index in [0.717, 1.165) is 17.1 Å². The van der Waals surface area contributed by atoms with Gasteiger partial charge in [0.1, 0.15) is 0 Å². The highest BCUT2D eigenvalue weighted by Gasteiger charge is 2.18. The molecule has 2 N–H and O–H groups in total. The molecule has 6 heteroatoms. The molecule has 122 valence electrons. The van der Waals surface area contributed by atoms with Crippen molar-refractivity contribution in [1.82, 2.24) is 10.6 Å². The average Bonchev–Trinajstić information content (AvgIpc) is 3.20. The molecule has 2 heterocycles. The average molecular weight is 348 g/mol. The smallest absolute Gasteiger partial charge is 0.231 e. The molecule has 0 bridgehead atoms. The van der Waals surface area contributed by atoms with Crippen molar-refractivity contribution >= 4 is 28.7 Å². The minimum Gasteiger partial charge on any atom is -0.454 e. The predicted octanol–water partition coefficient (Wildman–Crippen LogP) is 3.84. The third kappa shape index (κ3) is 3.95. The van der Waals surface area contributed by atoms with Gasteiger partial charge in [-0.05, 0) is 47.3 Å². The predicted molar refractivity (Wildman–Crippen MR) is 97.0 cm³/mol. The summed E-state index contributed by atoms with van der Waals surface area (Å²) in [5.41, 5.74) is 1.11. The van der Waals surface area contributed by atoms with Crippen molar-refractivity contribution in [2.45, 2.75) is 26.4 Å². The standard InChI is InChI=1S/C17H20N2O2S2/c1-11(2)16(15-4-3-7-23-15)19-17(22)18-9-12-5-6-13-14(8-12)21-10-20-13/h3-8,11,16H,9-10H2,1-2H3,(H2,18,19,22)/t16-/m0/s1. The Hall–Kier alpha value is -1.79. The van der Waals surface area contributed by atoms with Crippen LogP contribution in [0.15, 0.2) is 35.7 Å². The van der Waals surface area contributed by atoms with E-state index in [1.807, 2.05) is 18.2 Å². The zero-order chi connectivity index (χ0) is 16.2. The Morgan fingerprint density at radius 1 is 1.26 bits per heavy atom. The summed E-state index contributed by atoms with van der Waals surface area (Å²) in [6.07, 6.45) is 0. The van der Waals surface area contributed by atoms with E-state index in [-0.39, 0.29) is 6.04 Å². The highest BCUT2D eigenvalue weighted by atomic mass is 32.1. The first-order chi connectivity index (χ1) is 11.1. The topological polar surface area (TPSA) is 42.5 Å². The number of hydrogen-bond acceptors (Lipinski definition) is 4. The Morgan fingerprint density at radius 3 is 2.83 bits per heavy atom. The van der Waals surface area contributed by atoms with Crippen LogP contribution in [0, 0.1) is 5.92 Å². The maximum absolute atomic E-state index is 5.45. The largest absolute Gasteiger partial charge is 0.454 e. The fourth-order valence-electron chi connectivity index (χ4n) is 2.46. The van der Waals surface area contributed by atoms with Crippen LogP contribution in [0.1, 0.15) is 30.3 Å². The van der Waals surface area contributed by atoms with Gasteiger partial charge in [-0.2, -0.15) is 0 Å². The van der Waals surface area contributed by atoms with Crippen molar-refractivity contribution in [3.8, 4) is 11.5 Å². The molecular formula is C17H20N2O2S2. The summed E-state index contributed by atoms with van der Waals surface area (Å²) < 4.78 is 10.7. The summed E-state index contributed by atoms with van der Waals surface area (Å²) in [4.78, 5) is 1.30. The molecule has 1 aromatic carbocycles. The fraction of sp³-hybridized carbons (Fsp3) is 0.353. The summed E-state index contributed by atoms with van der Waals surface area (Å²) in [7, 11) is 0. The first kappa shape index (κ1) is 16.1. The van der Waals surface area contributed by atoms with Crippen LogP contribution in [-0.4, -0.2) is 11.9 Å². The maximum Gasteiger partial charge on any atom is 0.231 e. The molecule has 0 saturated heterocycles.